The van der Waals surface area contributed by atoms with Crippen LogP contribution in [0.4, 0.5) is 0 Å². The molecule has 268 valence electrons. The zero-order chi connectivity index (χ0) is 35.8. The van der Waals surface area contributed by atoms with Crippen LogP contribution in [0.1, 0.15) is 52.4 Å². The van der Waals surface area contributed by atoms with E-state index in [9.17, 15) is 9.59 Å². The first-order valence-corrected chi connectivity index (χ1v) is 18.0. The van der Waals surface area contributed by atoms with Crippen LogP contribution in [-0.4, -0.2) is 50.6 Å². The first kappa shape index (κ1) is 37.3. The molecule has 0 aromatic heterocycles. The van der Waals surface area contributed by atoms with Crippen LogP contribution in [0.2, 0.25) is 5.02 Å². The quantitative estimate of drug-likeness (QED) is 0.0582. The highest BCUT2D eigenvalue weighted by Crippen LogP contribution is 2.44. The SMILES string of the molecule is CCCCC(=O)OC(COc1ccccc1)COc1c2ccccc2c(OCC(COc2ccccc2)OC(=O)CCCC)c2cc(Cl)ccc12. The molecule has 0 radical (unpaired) electrons. The van der Waals surface area contributed by atoms with Crippen LogP contribution in [0.5, 0.6) is 23.0 Å². The molecule has 0 saturated heterocycles. The topological polar surface area (TPSA) is 89.5 Å². The lowest BCUT2D eigenvalue weighted by Crippen LogP contribution is -2.31. The van der Waals surface area contributed by atoms with Gasteiger partial charge in [0.15, 0.2) is 12.2 Å². The minimum atomic E-state index is -0.675. The van der Waals surface area contributed by atoms with Crippen LogP contribution in [-0.2, 0) is 19.1 Å². The normalized spacial score (nSPS) is 12.2. The van der Waals surface area contributed by atoms with Gasteiger partial charge < -0.3 is 28.4 Å². The van der Waals surface area contributed by atoms with Gasteiger partial charge in [0.25, 0.3) is 0 Å². The molecule has 9 heteroatoms. The second kappa shape index (κ2) is 19.4. The van der Waals surface area contributed by atoms with E-state index in [4.69, 9.17) is 40.0 Å². The van der Waals surface area contributed by atoms with Crippen molar-refractivity contribution in [3.8, 4) is 23.0 Å². The summed E-state index contributed by atoms with van der Waals surface area (Å²) in [6.07, 6.45) is 2.53. The van der Waals surface area contributed by atoms with Crippen molar-refractivity contribution in [3.63, 3.8) is 0 Å². The number of benzene rings is 5. The van der Waals surface area contributed by atoms with Crippen LogP contribution >= 0.6 is 11.6 Å². The monoisotopic (exact) mass is 712 g/mol. The number of carbonyl (C=O) groups is 2. The van der Waals surface area contributed by atoms with Gasteiger partial charge in [-0.25, -0.2) is 0 Å². The molecule has 0 aliphatic heterocycles. The fourth-order valence-electron chi connectivity index (χ4n) is 5.51. The molecule has 2 atom stereocenters. The molecule has 0 amide bonds. The van der Waals surface area contributed by atoms with Gasteiger partial charge in [0.1, 0.15) is 49.4 Å². The summed E-state index contributed by atoms with van der Waals surface area (Å²) in [5.41, 5.74) is 0. The van der Waals surface area contributed by atoms with Gasteiger partial charge >= 0.3 is 11.9 Å². The molecule has 5 aromatic carbocycles. The molecule has 8 nitrogen and oxygen atoms in total. The lowest BCUT2D eigenvalue weighted by atomic mass is 10.0. The molecule has 0 fully saturated rings. The smallest absolute Gasteiger partial charge is 0.306 e. The number of unbranched alkanes of at least 4 members (excludes halogenated alkanes) is 2. The molecular formula is C42H45ClO8. The van der Waals surface area contributed by atoms with E-state index in [0.29, 0.717) is 46.2 Å². The lowest BCUT2D eigenvalue weighted by molar-refractivity contribution is -0.153. The predicted molar refractivity (Wildman–Crippen MR) is 200 cm³/mol. The third-order valence-corrected chi connectivity index (χ3v) is 8.37. The van der Waals surface area contributed by atoms with Crippen LogP contribution < -0.4 is 18.9 Å². The average molecular weight is 713 g/mol. The molecule has 0 aliphatic carbocycles. The van der Waals surface area contributed by atoms with E-state index >= 15 is 0 Å². The summed E-state index contributed by atoms with van der Waals surface area (Å²) < 4.78 is 36.7. The molecule has 0 spiro atoms. The number of rotatable bonds is 20. The Morgan fingerprint density at radius 1 is 0.529 bits per heavy atom. The molecule has 0 heterocycles. The van der Waals surface area contributed by atoms with Crippen LogP contribution in [0, 0.1) is 0 Å². The molecule has 0 N–H and O–H groups in total. The van der Waals surface area contributed by atoms with Crippen molar-refractivity contribution in [2.24, 2.45) is 0 Å². The molecule has 5 rings (SSSR count). The number of para-hydroxylation sites is 2. The van der Waals surface area contributed by atoms with Crippen molar-refractivity contribution < 1.29 is 38.0 Å². The molecule has 0 bridgehead atoms. The van der Waals surface area contributed by atoms with Crippen LogP contribution in [0.3, 0.4) is 0 Å². The second-order valence-corrected chi connectivity index (χ2v) is 12.6. The van der Waals surface area contributed by atoms with E-state index in [1.165, 1.54) is 0 Å². The van der Waals surface area contributed by atoms with Crippen molar-refractivity contribution in [1.82, 2.24) is 0 Å². The number of ether oxygens (including phenoxy) is 6. The van der Waals surface area contributed by atoms with Gasteiger partial charge in [0.05, 0.1) is 0 Å². The minimum Gasteiger partial charge on any atom is -0.490 e. The van der Waals surface area contributed by atoms with E-state index in [-0.39, 0.29) is 38.4 Å². The summed E-state index contributed by atoms with van der Waals surface area (Å²) in [6, 6.07) is 32.0. The molecular weight excluding hydrogens is 668 g/mol. The number of esters is 2. The van der Waals surface area contributed by atoms with E-state index in [1.807, 2.05) is 111 Å². The van der Waals surface area contributed by atoms with E-state index < -0.39 is 12.2 Å². The maximum atomic E-state index is 12.7. The number of fused-ring (bicyclic) bond motifs is 2. The fraction of sp³-hybridized carbons (Fsp3) is 0.333. The zero-order valence-electron chi connectivity index (χ0n) is 29.2. The molecule has 5 aromatic rings. The molecule has 51 heavy (non-hydrogen) atoms. The predicted octanol–water partition coefficient (Wildman–Crippen LogP) is 9.77. The molecule has 2 unspecified atom stereocenters. The fourth-order valence-corrected chi connectivity index (χ4v) is 5.68. The highest BCUT2D eigenvalue weighted by molar-refractivity contribution is 6.31. The van der Waals surface area contributed by atoms with E-state index in [1.54, 1.807) is 6.07 Å². The lowest BCUT2D eigenvalue weighted by Gasteiger charge is -2.23. The third kappa shape index (κ3) is 11.0. The van der Waals surface area contributed by atoms with Crippen molar-refractivity contribution >= 4 is 45.1 Å². The highest BCUT2D eigenvalue weighted by Gasteiger charge is 2.23. The number of hydrogen-bond acceptors (Lipinski definition) is 8. The number of carbonyl (C=O) groups excluding carboxylic acids is 2. The van der Waals surface area contributed by atoms with Crippen molar-refractivity contribution in [1.29, 1.82) is 0 Å². The summed E-state index contributed by atoms with van der Waals surface area (Å²) in [5, 5.41) is 3.56. The van der Waals surface area contributed by atoms with Gasteiger partial charge in [-0.15, -0.1) is 0 Å². The Labute approximate surface area is 304 Å². The number of halogens is 1. The summed E-state index contributed by atoms with van der Waals surface area (Å²) in [6.45, 7) is 4.39. The van der Waals surface area contributed by atoms with Crippen molar-refractivity contribution in [3.05, 3.63) is 108 Å². The Hall–Kier alpha value is -4.95. The third-order valence-electron chi connectivity index (χ3n) is 8.14. The Morgan fingerprint density at radius 2 is 0.941 bits per heavy atom. The Kier molecular flexibility index (Phi) is 14.2. The van der Waals surface area contributed by atoms with Gasteiger partial charge in [-0.2, -0.15) is 0 Å². The summed E-state index contributed by atoms with van der Waals surface area (Å²) in [7, 11) is 0. The number of hydrogen-bond donors (Lipinski definition) is 0. The van der Waals surface area contributed by atoms with E-state index in [2.05, 4.69) is 0 Å². The first-order chi connectivity index (χ1) is 24.9. The standard InChI is InChI=1S/C42H45ClO8/c1-3-5-21-39(44)50-33(26-46-31-15-9-7-10-16-31)28-48-41-35-19-13-14-20-36(35)42(38-25-30(43)23-24-37(38)41)49-29-34(51-40(45)22-6-4-2)27-47-32-17-11-8-12-18-32/h7-20,23-25,33-34H,3-6,21-22,26-29H2,1-2H3. The Bertz CT molecular complexity index is 1850. The van der Waals surface area contributed by atoms with E-state index in [0.717, 1.165) is 41.8 Å². The summed E-state index contributed by atoms with van der Waals surface area (Å²) in [4.78, 5) is 25.4. The largest absolute Gasteiger partial charge is 0.490 e. The Morgan fingerprint density at radius 3 is 1.41 bits per heavy atom. The van der Waals surface area contributed by atoms with Gasteiger partial charge in [0.2, 0.25) is 0 Å². The second-order valence-electron chi connectivity index (χ2n) is 12.2. The van der Waals surface area contributed by atoms with Crippen molar-refractivity contribution in [2.75, 3.05) is 26.4 Å². The van der Waals surface area contributed by atoms with Crippen molar-refractivity contribution in [2.45, 2.75) is 64.6 Å². The maximum absolute atomic E-state index is 12.7. The van der Waals surface area contributed by atoms with Gasteiger partial charge in [-0.1, -0.05) is 99.0 Å². The van der Waals surface area contributed by atoms with Crippen LogP contribution in [0.15, 0.2) is 103 Å². The van der Waals surface area contributed by atoms with Gasteiger partial charge in [0, 0.05) is 39.4 Å². The Balaban J connectivity index is 1.42. The maximum Gasteiger partial charge on any atom is 0.306 e. The first-order valence-electron chi connectivity index (χ1n) is 17.6. The summed E-state index contributed by atoms with van der Waals surface area (Å²) in [5.74, 6) is 1.90. The summed E-state index contributed by atoms with van der Waals surface area (Å²) >= 11 is 6.56. The van der Waals surface area contributed by atoms with Gasteiger partial charge in [-0.3, -0.25) is 9.59 Å². The molecule has 0 aliphatic rings. The minimum absolute atomic E-state index is 0.0448. The highest BCUT2D eigenvalue weighted by atomic mass is 35.5. The van der Waals surface area contributed by atoms with Crippen LogP contribution in [0.25, 0.3) is 21.5 Å². The zero-order valence-corrected chi connectivity index (χ0v) is 29.9. The average Bonchev–Trinajstić information content (AvgIpc) is 3.16. The van der Waals surface area contributed by atoms with Gasteiger partial charge in [-0.05, 0) is 55.3 Å². The molecule has 0 saturated carbocycles.